The van der Waals surface area contributed by atoms with Crippen LogP contribution in [0.15, 0.2) is 102 Å². The number of likely N-dealkylation sites (N-methyl/N-ethyl adjacent to an activating group) is 1. The highest BCUT2D eigenvalue weighted by atomic mass is 32.2. The highest BCUT2D eigenvalue weighted by Crippen LogP contribution is 2.17. The van der Waals surface area contributed by atoms with Crippen molar-refractivity contribution >= 4 is 15.9 Å². The number of nitrogens with zero attached hydrogens (tertiary/aromatic N) is 1. The Bertz CT molecular complexity index is 1650. The Labute approximate surface area is 264 Å². The van der Waals surface area contributed by atoms with Gasteiger partial charge < -0.3 is 15.7 Å². The van der Waals surface area contributed by atoms with E-state index >= 15 is 0 Å². The lowest BCUT2D eigenvalue weighted by molar-refractivity contribution is 0.0829. The Morgan fingerprint density at radius 2 is 1.49 bits per heavy atom. The maximum Gasteiger partial charge on any atom is 0.251 e. The zero-order valence-electron chi connectivity index (χ0n) is 25.4. The van der Waals surface area contributed by atoms with Crippen molar-refractivity contribution < 1.29 is 27.1 Å². The lowest BCUT2D eigenvalue weighted by atomic mass is 10.00. The number of aliphatic hydroxyl groups excluding tert-OH is 1. The number of hydrogen-bond acceptors (Lipinski definition) is 5. The van der Waals surface area contributed by atoms with Crippen molar-refractivity contribution in [2.45, 2.75) is 49.8 Å². The van der Waals surface area contributed by atoms with Gasteiger partial charge in [-0.3, -0.25) is 4.79 Å². The number of aliphatic hydroxyl groups is 1. The normalized spacial score (nSPS) is 13.0. The fourth-order valence-electron chi connectivity index (χ4n) is 4.99. The van der Waals surface area contributed by atoms with Gasteiger partial charge >= 0.3 is 0 Å². The average molecular weight is 636 g/mol. The van der Waals surface area contributed by atoms with Crippen LogP contribution in [-0.2, 0) is 35.8 Å². The first kappa shape index (κ1) is 33.9. The second-order valence-electron chi connectivity index (χ2n) is 11.0. The van der Waals surface area contributed by atoms with Gasteiger partial charge in [0, 0.05) is 38.3 Å². The summed E-state index contributed by atoms with van der Waals surface area (Å²) < 4.78 is 55.4. The number of benzene rings is 4. The number of nitrogens with one attached hydrogen (secondary N) is 2. The van der Waals surface area contributed by atoms with E-state index in [0.717, 1.165) is 35.7 Å². The second-order valence-corrected chi connectivity index (χ2v) is 13.1. The van der Waals surface area contributed by atoms with Gasteiger partial charge in [0.25, 0.3) is 5.91 Å². The zero-order chi connectivity index (χ0) is 32.4. The van der Waals surface area contributed by atoms with Crippen LogP contribution in [0.25, 0.3) is 0 Å². The summed E-state index contributed by atoms with van der Waals surface area (Å²) in [5.41, 5.74) is 3.69. The predicted octanol–water partition coefficient (Wildman–Crippen LogP) is 4.88. The Morgan fingerprint density at radius 3 is 2.16 bits per heavy atom. The molecule has 4 aromatic carbocycles. The van der Waals surface area contributed by atoms with Gasteiger partial charge in [-0.25, -0.2) is 21.5 Å². The monoisotopic (exact) mass is 635 g/mol. The molecule has 0 radical (unpaired) electrons. The van der Waals surface area contributed by atoms with Gasteiger partial charge in [-0.05, 0) is 77.9 Å². The Balaban J connectivity index is 1.43. The van der Waals surface area contributed by atoms with Crippen LogP contribution in [0.4, 0.5) is 8.78 Å². The van der Waals surface area contributed by atoms with E-state index in [1.807, 2.05) is 48.5 Å². The standard InChI is InChI=1S/C35H39F2N3O4S/c1-3-25-10-7-11-27(18-25)23-38-24-34(41)33(21-28-19-30(36)22-31(37)20-28)39-35(42)29-12-14-32(15-13-29)45(43,44)40(2)17-16-26-8-5-4-6-9-26/h4-15,18-20,22,33-34,38,41H,3,16-17,21,23-24H2,1-2H3,(H,39,42)/t33-,34-/m0/s1. The van der Waals surface area contributed by atoms with Gasteiger partial charge in [0.15, 0.2) is 0 Å². The maximum atomic E-state index is 13.9. The average Bonchev–Trinajstić information content (AvgIpc) is 3.03. The molecule has 2 atom stereocenters. The summed E-state index contributed by atoms with van der Waals surface area (Å²) in [6.07, 6.45) is 0.308. The predicted molar refractivity (Wildman–Crippen MR) is 171 cm³/mol. The second kappa shape index (κ2) is 15.9. The largest absolute Gasteiger partial charge is 0.390 e. The molecule has 4 aromatic rings. The molecular weight excluding hydrogens is 596 g/mol. The molecule has 7 nitrogen and oxygen atoms in total. The molecule has 0 aliphatic rings. The van der Waals surface area contributed by atoms with E-state index in [9.17, 15) is 27.1 Å². The minimum atomic E-state index is -3.79. The molecule has 0 heterocycles. The molecule has 3 N–H and O–H groups in total. The Kier molecular flexibility index (Phi) is 12.0. The van der Waals surface area contributed by atoms with Crippen LogP contribution in [0.3, 0.4) is 0 Å². The van der Waals surface area contributed by atoms with Crippen LogP contribution >= 0.6 is 0 Å². The molecule has 45 heavy (non-hydrogen) atoms. The van der Waals surface area contributed by atoms with Gasteiger partial charge in [-0.15, -0.1) is 0 Å². The number of carbonyl (C=O) groups is 1. The van der Waals surface area contributed by atoms with Gasteiger partial charge in [0.05, 0.1) is 17.0 Å². The number of hydrogen-bond donors (Lipinski definition) is 3. The van der Waals surface area contributed by atoms with Gasteiger partial charge in [-0.2, -0.15) is 0 Å². The zero-order valence-corrected chi connectivity index (χ0v) is 26.2. The number of aryl methyl sites for hydroxylation is 1. The molecule has 1 amide bonds. The molecule has 0 saturated carbocycles. The molecule has 10 heteroatoms. The highest BCUT2D eigenvalue weighted by Gasteiger charge is 2.25. The molecule has 0 aliphatic heterocycles. The molecular formula is C35H39F2N3O4S. The van der Waals surface area contributed by atoms with Crippen LogP contribution in [0.2, 0.25) is 0 Å². The SMILES string of the molecule is CCc1cccc(CNC[C@H](O)[C@H](Cc2cc(F)cc(F)c2)NC(=O)c2ccc(S(=O)(=O)N(C)CCc3ccccc3)cc2)c1. The summed E-state index contributed by atoms with van der Waals surface area (Å²) in [6.45, 7) is 2.94. The van der Waals surface area contributed by atoms with Gasteiger partial charge in [-0.1, -0.05) is 61.5 Å². The quantitative estimate of drug-likeness (QED) is 0.173. The summed E-state index contributed by atoms with van der Waals surface area (Å²) in [5, 5.41) is 17.0. The van der Waals surface area contributed by atoms with Crippen molar-refractivity contribution in [2.24, 2.45) is 0 Å². The van der Waals surface area contributed by atoms with E-state index in [0.29, 0.717) is 13.0 Å². The molecule has 0 spiro atoms. The first-order valence-electron chi connectivity index (χ1n) is 14.9. The summed E-state index contributed by atoms with van der Waals surface area (Å²) in [7, 11) is -2.28. The lowest BCUT2D eigenvalue weighted by Gasteiger charge is -2.25. The maximum absolute atomic E-state index is 13.9. The van der Waals surface area contributed by atoms with Crippen molar-refractivity contribution in [3.8, 4) is 0 Å². The van der Waals surface area contributed by atoms with Crippen LogP contribution < -0.4 is 10.6 Å². The third-order valence-corrected chi connectivity index (χ3v) is 9.50. The minimum Gasteiger partial charge on any atom is -0.390 e. The third kappa shape index (κ3) is 9.76. The topological polar surface area (TPSA) is 98.7 Å². The van der Waals surface area contributed by atoms with E-state index in [-0.39, 0.29) is 35.5 Å². The first-order valence-corrected chi connectivity index (χ1v) is 16.3. The van der Waals surface area contributed by atoms with Crippen molar-refractivity contribution in [1.82, 2.24) is 14.9 Å². The van der Waals surface area contributed by atoms with E-state index < -0.39 is 39.7 Å². The summed E-state index contributed by atoms with van der Waals surface area (Å²) >= 11 is 0. The van der Waals surface area contributed by atoms with Gasteiger partial charge in [0.1, 0.15) is 11.6 Å². The molecule has 238 valence electrons. The van der Waals surface area contributed by atoms with Crippen molar-refractivity contribution in [3.63, 3.8) is 0 Å². The van der Waals surface area contributed by atoms with Crippen LogP contribution in [0.5, 0.6) is 0 Å². The lowest BCUT2D eigenvalue weighted by Crippen LogP contribution is -2.48. The van der Waals surface area contributed by atoms with E-state index in [1.165, 1.54) is 41.2 Å². The number of rotatable bonds is 15. The van der Waals surface area contributed by atoms with Crippen molar-refractivity contribution in [2.75, 3.05) is 20.1 Å². The number of amides is 1. The minimum absolute atomic E-state index is 0.0345. The van der Waals surface area contributed by atoms with Crippen molar-refractivity contribution in [3.05, 3.63) is 137 Å². The molecule has 0 fully saturated rings. The van der Waals surface area contributed by atoms with Crippen LogP contribution in [0, 0.1) is 11.6 Å². The molecule has 0 aromatic heterocycles. The van der Waals surface area contributed by atoms with Crippen LogP contribution in [0.1, 0.15) is 39.5 Å². The first-order chi connectivity index (χ1) is 21.5. The van der Waals surface area contributed by atoms with Crippen molar-refractivity contribution in [1.29, 1.82) is 0 Å². The molecule has 0 saturated heterocycles. The Morgan fingerprint density at radius 1 is 0.844 bits per heavy atom. The Hall–Kier alpha value is -3.96. The number of carbonyl (C=O) groups excluding carboxylic acids is 1. The fourth-order valence-corrected chi connectivity index (χ4v) is 6.17. The molecule has 0 aliphatic carbocycles. The fraction of sp³-hybridized carbons (Fsp3) is 0.286. The van der Waals surface area contributed by atoms with E-state index in [4.69, 9.17) is 0 Å². The summed E-state index contributed by atoms with van der Waals surface area (Å²) in [4.78, 5) is 13.3. The van der Waals surface area contributed by atoms with Crippen LogP contribution in [-0.4, -0.2) is 56.0 Å². The summed E-state index contributed by atoms with van der Waals surface area (Å²) in [6, 6.07) is 25.3. The summed E-state index contributed by atoms with van der Waals surface area (Å²) in [5.74, 6) is -2.08. The smallest absolute Gasteiger partial charge is 0.251 e. The number of halogens is 2. The molecule has 0 bridgehead atoms. The molecule has 0 unspecified atom stereocenters. The van der Waals surface area contributed by atoms with Gasteiger partial charge in [0.2, 0.25) is 10.0 Å². The van der Waals surface area contributed by atoms with E-state index in [1.54, 1.807) is 0 Å². The highest BCUT2D eigenvalue weighted by molar-refractivity contribution is 7.89. The number of sulfonamides is 1. The molecule has 4 rings (SSSR count). The third-order valence-electron chi connectivity index (χ3n) is 7.62. The van der Waals surface area contributed by atoms with E-state index in [2.05, 4.69) is 23.6 Å².